The summed E-state index contributed by atoms with van der Waals surface area (Å²) in [5, 5.41) is 8.79. The highest BCUT2D eigenvalue weighted by Gasteiger charge is 2.31. The number of benzene rings is 2. The Morgan fingerprint density at radius 3 is 2.39 bits per heavy atom. The van der Waals surface area contributed by atoms with Crippen LogP contribution >= 0.6 is 0 Å². The molecule has 0 aliphatic heterocycles. The molecule has 1 heterocycles. The Bertz CT molecular complexity index is 1120. The maximum absolute atomic E-state index is 12.5. The second-order valence-corrected chi connectivity index (χ2v) is 8.65. The third-order valence-corrected chi connectivity index (χ3v) is 5.45. The predicted octanol–water partition coefficient (Wildman–Crippen LogP) is 6.21. The van der Waals surface area contributed by atoms with E-state index in [0.29, 0.717) is 24.8 Å². The number of alkyl halides is 3. The van der Waals surface area contributed by atoms with Gasteiger partial charge in [-0.1, -0.05) is 44.2 Å². The normalized spacial score (nSPS) is 11.4. The minimum absolute atomic E-state index is 0.262. The van der Waals surface area contributed by atoms with E-state index in [1.807, 2.05) is 36.5 Å². The Labute approximate surface area is 208 Å². The number of ether oxygens (including phenoxy) is 2. The average molecular weight is 503 g/mol. The standard InChI is InChI=1S/C27H29F3N2O4/c1-19(2)22-10-13-25(31-16-22)32(17-21-8-11-23(12-9-21)36-27(28,29)30)14-4-6-20-5-3-7-24(15-20)35-18-26(33)34/h3,5,7-13,15-16,19H,4,6,14,17-18H2,1-2H3,(H,33,34). The van der Waals surface area contributed by atoms with Crippen LogP contribution in [0.5, 0.6) is 11.5 Å². The highest BCUT2D eigenvalue weighted by Crippen LogP contribution is 2.25. The lowest BCUT2D eigenvalue weighted by molar-refractivity contribution is -0.274. The van der Waals surface area contributed by atoms with Crippen molar-refractivity contribution >= 4 is 11.8 Å². The summed E-state index contributed by atoms with van der Waals surface area (Å²) in [5.74, 6) is 0.316. The van der Waals surface area contributed by atoms with Crippen LogP contribution in [0.3, 0.4) is 0 Å². The van der Waals surface area contributed by atoms with Crippen LogP contribution in [-0.2, 0) is 17.8 Å². The molecule has 36 heavy (non-hydrogen) atoms. The fourth-order valence-electron chi connectivity index (χ4n) is 3.63. The Balaban J connectivity index is 1.69. The number of pyridine rings is 1. The fourth-order valence-corrected chi connectivity index (χ4v) is 3.63. The number of halogens is 3. The molecule has 0 aliphatic rings. The van der Waals surface area contributed by atoms with Gasteiger partial charge in [-0.05, 0) is 65.8 Å². The van der Waals surface area contributed by atoms with E-state index in [0.717, 1.165) is 35.3 Å². The Hall–Kier alpha value is -3.75. The van der Waals surface area contributed by atoms with Gasteiger partial charge in [0.05, 0.1) is 0 Å². The molecule has 0 amide bonds. The lowest BCUT2D eigenvalue weighted by atomic mass is 10.1. The summed E-state index contributed by atoms with van der Waals surface area (Å²) < 4.78 is 46.6. The average Bonchev–Trinajstić information content (AvgIpc) is 2.83. The van der Waals surface area contributed by atoms with E-state index in [-0.39, 0.29) is 5.75 Å². The van der Waals surface area contributed by atoms with Gasteiger partial charge in [0.15, 0.2) is 6.61 Å². The van der Waals surface area contributed by atoms with Crippen molar-refractivity contribution in [2.75, 3.05) is 18.1 Å². The van der Waals surface area contributed by atoms with E-state index in [2.05, 4.69) is 28.5 Å². The van der Waals surface area contributed by atoms with Gasteiger partial charge < -0.3 is 19.5 Å². The Morgan fingerprint density at radius 1 is 1.03 bits per heavy atom. The maximum Gasteiger partial charge on any atom is 0.573 e. The molecule has 192 valence electrons. The minimum atomic E-state index is -4.73. The number of carbonyl (C=O) groups is 1. The summed E-state index contributed by atoms with van der Waals surface area (Å²) in [6, 6.07) is 17.1. The molecule has 1 N–H and O–H groups in total. The van der Waals surface area contributed by atoms with E-state index in [4.69, 9.17) is 9.84 Å². The third kappa shape index (κ3) is 8.79. The summed E-state index contributed by atoms with van der Waals surface area (Å²) in [5.41, 5.74) is 2.95. The zero-order chi connectivity index (χ0) is 26.1. The largest absolute Gasteiger partial charge is 0.573 e. The van der Waals surface area contributed by atoms with Crippen molar-refractivity contribution in [1.82, 2.24) is 4.98 Å². The smallest absolute Gasteiger partial charge is 0.482 e. The lowest BCUT2D eigenvalue weighted by Gasteiger charge is -2.24. The van der Waals surface area contributed by atoms with Crippen LogP contribution in [0, 0.1) is 0 Å². The van der Waals surface area contributed by atoms with Crippen molar-refractivity contribution in [3.05, 3.63) is 83.6 Å². The van der Waals surface area contributed by atoms with E-state index in [1.165, 1.54) is 12.1 Å². The van der Waals surface area contributed by atoms with Gasteiger partial charge in [-0.25, -0.2) is 9.78 Å². The monoisotopic (exact) mass is 502 g/mol. The van der Waals surface area contributed by atoms with Gasteiger partial charge in [-0.3, -0.25) is 0 Å². The van der Waals surface area contributed by atoms with Crippen LogP contribution < -0.4 is 14.4 Å². The molecule has 2 aromatic carbocycles. The second kappa shape index (κ2) is 12.3. The lowest BCUT2D eigenvalue weighted by Crippen LogP contribution is -2.25. The molecule has 9 heteroatoms. The number of aliphatic carboxylic acids is 1. The molecular weight excluding hydrogens is 473 g/mol. The van der Waals surface area contributed by atoms with Crippen molar-refractivity contribution in [3.63, 3.8) is 0 Å². The van der Waals surface area contributed by atoms with Crippen molar-refractivity contribution in [1.29, 1.82) is 0 Å². The van der Waals surface area contributed by atoms with Gasteiger partial charge >= 0.3 is 12.3 Å². The van der Waals surface area contributed by atoms with Crippen LogP contribution in [-0.4, -0.2) is 35.6 Å². The summed E-state index contributed by atoms with van der Waals surface area (Å²) in [6.07, 6.45) is -1.39. The first-order chi connectivity index (χ1) is 17.1. The van der Waals surface area contributed by atoms with Crippen molar-refractivity contribution < 1.29 is 32.5 Å². The highest BCUT2D eigenvalue weighted by molar-refractivity contribution is 5.68. The van der Waals surface area contributed by atoms with Crippen molar-refractivity contribution in [3.8, 4) is 11.5 Å². The van der Waals surface area contributed by atoms with Crippen molar-refractivity contribution in [2.45, 2.75) is 45.5 Å². The Morgan fingerprint density at radius 2 is 1.78 bits per heavy atom. The zero-order valence-corrected chi connectivity index (χ0v) is 20.2. The number of hydrogen-bond acceptors (Lipinski definition) is 5. The van der Waals surface area contributed by atoms with E-state index in [1.54, 1.807) is 18.2 Å². The van der Waals surface area contributed by atoms with E-state index < -0.39 is 18.9 Å². The van der Waals surface area contributed by atoms with Crippen molar-refractivity contribution in [2.24, 2.45) is 0 Å². The minimum Gasteiger partial charge on any atom is -0.482 e. The third-order valence-electron chi connectivity index (χ3n) is 5.45. The van der Waals surface area contributed by atoms with Crippen LogP contribution in [0.4, 0.5) is 19.0 Å². The first-order valence-corrected chi connectivity index (χ1v) is 11.6. The molecule has 0 radical (unpaired) electrons. The second-order valence-electron chi connectivity index (χ2n) is 8.65. The number of aromatic nitrogens is 1. The summed E-state index contributed by atoms with van der Waals surface area (Å²) in [4.78, 5) is 17.4. The first-order valence-electron chi connectivity index (χ1n) is 11.6. The number of carboxylic acids is 1. The molecular formula is C27H29F3N2O4. The Kier molecular flexibility index (Phi) is 9.16. The van der Waals surface area contributed by atoms with Crippen LogP contribution in [0.15, 0.2) is 66.9 Å². The SMILES string of the molecule is CC(C)c1ccc(N(CCCc2cccc(OCC(=O)O)c2)Cc2ccc(OC(F)(F)F)cc2)nc1. The zero-order valence-electron chi connectivity index (χ0n) is 20.2. The number of rotatable bonds is 12. The van der Waals surface area contributed by atoms with E-state index in [9.17, 15) is 18.0 Å². The molecule has 3 aromatic rings. The van der Waals surface area contributed by atoms with Gasteiger partial charge in [0.2, 0.25) is 0 Å². The molecule has 0 unspecified atom stereocenters. The summed E-state index contributed by atoms with van der Waals surface area (Å²) in [7, 11) is 0. The number of hydrogen-bond donors (Lipinski definition) is 1. The molecule has 6 nitrogen and oxygen atoms in total. The number of aryl methyl sites for hydroxylation is 1. The molecule has 0 aliphatic carbocycles. The maximum atomic E-state index is 12.5. The number of carboxylic acid groups (broad SMARTS) is 1. The molecule has 0 saturated heterocycles. The van der Waals surface area contributed by atoms with Crippen LogP contribution in [0.2, 0.25) is 0 Å². The first kappa shape index (κ1) is 26.8. The molecule has 0 spiro atoms. The van der Waals surface area contributed by atoms with Gasteiger partial charge in [-0.2, -0.15) is 0 Å². The predicted molar refractivity (Wildman–Crippen MR) is 130 cm³/mol. The number of nitrogens with zero attached hydrogens (tertiary/aromatic N) is 2. The molecule has 3 rings (SSSR count). The van der Waals surface area contributed by atoms with Gasteiger partial charge in [0.25, 0.3) is 0 Å². The molecule has 0 atom stereocenters. The van der Waals surface area contributed by atoms with Crippen LogP contribution in [0.1, 0.15) is 42.9 Å². The molecule has 0 saturated carbocycles. The summed E-state index contributed by atoms with van der Waals surface area (Å²) >= 11 is 0. The molecule has 0 fully saturated rings. The quantitative estimate of drug-likeness (QED) is 0.318. The van der Waals surface area contributed by atoms with Gasteiger partial charge in [-0.15, -0.1) is 13.2 Å². The fraction of sp³-hybridized carbons (Fsp3) is 0.333. The van der Waals surface area contributed by atoms with Gasteiger partial charge in [0.1, 0.15) is 17.3 Å². The highest BCUT2D eigenvalue weighted by atomic mass is 19.4. The molecule has 0 bridgehead atoms. The van der Waals surface area contributed by atoms with Gasteiger partial charge in [0, 0.05) is 19.3 Å². The summed E-state index contributed by atoms with van der Waals surface area (Å²) in [6.45, 7) is 4.89. The van der Waals surface area contributed by atoms with Crippen LogP contribution in [0.25, 0.3) is 0 Å². The topological polar surface area (TPSA) is 71.9 Å². The van der Waals surface area contributed by atoms with E-state index >= 15 is 0 Å². The molecule has 1 aromatic heterocycles. The number of anilines is 1.